The van der Waals surface area contributed by atoms with Crippen LogP contribution < -0.4 is 5.32 Å². The minimum Gasteiger partial charge on any atom is -0.342 e. The molecule has 1 N–H and O–H groups in total. The van der Waals surface area contributed by atoms with E-state index in [4.69, 9.17) is 0 Å². The van der Waals surface area contributed by atoms with Crippen molar-refractivity contribution in [3.8, 4) is 0 Å². The Morgan fingerprint density at radius 1 is 0.960 bits per heavy atom. The molecule has 2 saturated heterocycles. The number of nitrogens with zero attached hydrogens (tertiary/aromatic N) is 2. The number of halogens is 1. The lowest BCUT2D eigenvalue weighted by molar-refractivity contribution is -0.127. The minimum absolute atomic E-state index is 0. The van der Waals surface area contributed by atoms with Gasteiger partial charge in [-0.3, -0.25) is 9.59 Å². The summed E-state index contributed by atoms with van der Waals surface area (Å²) in [5, 5.41) is 3.32. The van der Waals surface area contributed by atoms with Crippen molar-refractivity contribution < 1.29 is 9.59 Å². The van der Waals surface area contributed by atoms with E-state index in [1.54, 1.807) is 0 Å². The van der Waals surface area contributed by atoms with E-state index in [1.807, 2.05) is 34.1 Å². The van der Waals surface area contributed by atoms with Gasteiger partial charge in [0.15, 0.2) is 0 Å². The molecular weight excluding hydrogens is 358 g/mol. The molecule has 0 aliphatic carbocycles. The Morgan fingerprint density at radius 2 is 1.68 bits per heavy atom. The zero-order valence-corrected chi connectivity index (χ0v) is 16.0. The molecule has 0 saturated carbocycles. The SMILES string of the molecule is Cl.O=C(CSc1ccccc1C(=O)N1CCCNCC1)N1CCCC1. The van der Waals surface area contributed by atoms with Gasteiger partial charge in [0.2, 0.25) is 5.91 Å². The standard InChI is InChI=1S/C18H25N3O2S.ClH/c22-17(20-10-3-4-11-20)14-24-16-7-2-1-6-15(16)18(23)21-12-5-8-19-9-13-21;/h1-2,6-7,19H,3-5,8-14H2;1H. The molecule has 0 bridgehead atoms. The maximum atomic E-state index is 12.9. The van der Waals surface area contributed by atoms with Crippen LogP contribution in [-0.4, -0.2) is 66.6 Å². The Balaban J connectivity index is 0.00000225. The van der Waals surface area contributed by atoms with Crippen LogP contribution >= 0.6 is 24.2 Å². The van der Waals surface area contributed by atoms with Gasteiger partial charge >= 0.3 is 0 Å². The lowest BCUT2D eigenvalue weighted by Gasteiger charge is -2.21. The van der Waals surface area contributed by atoms with Crippen molar-refractivity contribution in [3.63, 3.8) is 0 Å². The summed E-state index contributed by atoms with van der Waals surface area (Å²) in [5.41, 5.74) is 0.721. The molecule has 0 aromatic heterocycles. The van der Waals surface area contributed by atoms with Crippen LogP contribution in [0.3, 0.4) is 0 Å². The van der Waals surface area contributed by atoms with Crippen molar-refractivity contribution in [1.29, 1.82) is 0 Å². The molecule has 7 heteroatoms. The first-order valence-corrected chi connectivity index (χ1v) is 9.74. The summed E-state index contributed by atoms with van der Waals surface area (Å²) in [6.07, 6.45) is 3.19. The predicted octanol–water partition coefficient (Wildman–Crippen LogP) is 2.26. The first-order chi connectivity index (χ1) is 11.8. The molecule has 1 aromatic rings. The van der Waals surface area contributed by atoms with Crippen LogP contribution in [0, 0.1) is 0 Å². The number of benzene rings is 1. The normalized spacial score (nSPS) is 17.8. The maximum Gasteiger partial charge on any atom is 0.255 e. The number of rotatable bonds is 4. The van der Waals surface area contributed by atoms with E-state index in [0.717, 1.165) is 69.0 Å². The highest BCUT2D eigenvalue weighted by Gasteiger charge is 2.22. The zero-order valence-electron chi connectivity index (χ0n) is 14.4. The van der Waals surface area contributed by atoms with Gasteiger partial charge in [0, 0.05) is 37.6 Å². The van der Waals surface area contributed by atoms with Crippen LogP contribution in [-0.2, 0) is 4.79 Å². The lowest BCUT2D eigenvalue weighted by Crippen LogP contribution is -2.34. The Hall–Kier alpha value is -1.24. The summed E-state index contributed by atoms with van der Waals surface area (Å²) in [7, 11) is 0. The Kier molecular flexibility index (Phi) is 8.06. The third kappa shape index (κ3) is 5.36. The summed E-state index contributed by atoms with van der Waals surface area (Å²) < 4.78 is 0. The van der Waals surface area contributed by atoms with Gasteiger partial charge in [0.05, 0.1) is 11.3 Å². The number of carbonyl (C=O) groups excluding carboxylic acids is 2. The third-order valence-electron chi connectivity index (χ3n) is 4.55. The molecular formula is C18H26ClN3O2S. The molecule has 0 unspecified atom stereocenters. The number of hydrogen-bond donors (Lipinski definition) is 1. The number of amides is 2. The van der Waals surface area contributed by atoms with Crippen LogP contribution in [0.15, 0.2) is 29.2 Å². The average Bonchev–Trinajstić information content (AvgIpc) is 3.02. The summed E-state index contributed by atoms with van der Waals surface area (Å²) >= 11 is 1.49. The number of carbonyl (C=O) groups is 2. The van der Waals surface area contributed by atoms with Crippen molar-refractivity contribution in [3.05, 3.63) is 29.8 Å². The topological polar surface area (TPSA) is 52.7 Å². The molecule has 2 aliphatic heterocycles. The molecule has 0 spiro atoms. The van der Waals surface area contributed by atoms with Crippen LogP contribution in [0.5, 0.6) is 0 Å². The number of thioether (sulfide) groups is 1. The van der Waals surface area contributed by atoms with Crippen LogP contribution in [0.2, 0.25) is 0 Å². The Bertz CT molecular complexity index is 585. The second-order valence-corrected chi connectivity index (χ2v) is 7.29. The van der Waals surface area contributed by atoms with E-state index in [1.165, 1.54) is 11.8 Å². The fourth-order valence-electron chi connectivity index (χ4n) is 3.19. The van der Waals surface area contributed by atoms with Crippen LogP contribution in [0.25, 0.3) is 0 Å². The van der Waals surface area contributed by atoms with Crippen molar-refractivity contribution in [2.24, 2.45) is 0 Å². The van der Waals surface area contributed by atoms with Gasteiger partial charge in [-0.1, -0.05) is 12.1 Å². The van der Waals surface area contributed by atoms with E-state index < -0.39 is 0 Å². The van der Waals surface area contributed by atoms with E-state index >= 15 is 0 Å². The van der Waals surface area contributed by atoms with Gasteiger partial charge < -0.3 is 15.1 Å². The van der Waals surface area contributed by atoms with Gasteiger partial charge in [0.25, 0.3) is 5.91 Å². The highest BCUT2D eigenvalue weighted by atomic mass is 35.5. The largest absolute Gasteiger partial charge is 0.342 e. The monoisotopic (exact) mass is 383 g/mol. The number of hydrogen-bond acceptors (Lipinski definition) is 4. The summed E-state index contributed by atoms with van der Waals surface area (Å²) in [5.74, 6) is 0.667. The fraction of sp³-hybridized carbons (Fsp3) is 0.556. The third-order valence-corrected chi connectivity index (χ3v) is 5.61. The Morgan fingerprint density at radius 3 is 2.48 bits per heavy atom. The molecule has 138 valence electrons. The molecule has 2 amide bonds. The summed E-state index contributed by atoms with van der Waals surface area (Å²) in [6, 6.07) is 7.66. The van der Waals surface area contributed by atoms with E-state index in [2.05, 4.69) is 5.32 Å². The van der Waals surface area contributed by atoms with Crippen LogP contribution in [0.1, 0.15) is 29.6 Å². The molecule has 5 nitrogen and oxygen atoms in total. The molecule has 2 fully saturated rings. The molecule has 2 aliphatic rings. The molecule has 0 radical (unpaired) electrons. The molecule has 25 heavy (non-hydrogen) atoms. The van der Waals surface area contributed by atoms with Gasteiger partial charge in [0.1, 0.15) is 0 Å². The predicted molar refractivity (Wildman–Crippen MR) is 104 cm³/mol. The fourth-order valence-corrected chi connectivity index (χ4v) is 4.13. The Labute approximate surface area is 159 Å². The van der Waals surface area contributed by atoms with Gasteiger partial charge in [-0.15, -0.1) is 24.2 Å². The molecule has 0 atom stereocenters. The first-order valence-electron chi connectivity index (χ1n) is 8.75. The molecule has 3 rings (SSSR count). The number of nitrogens with one attached hydrogen (secondary N) is 1. The van der Waals surface area contributed by atoms with Gasteiger partial charge in [-0.05, 0) is 37.9 Å². The molecule has 1 aromatic carbocycles. The van der Waals surface area contributed by atoms with Crippen molar-refractivity contribution in [1.82, 2.24) is 15.1 Å². The first kappa shape index (κ1) is 20.1. The van der Waals surface area contributed by atoms with Crippen LogP contribution in [0.4, 0.5) is 0 Å². The smallest absolute Gasteiger partial charge is 0.255 e. The van der Waals surface area contributed by atoms with E-state index in [9.17, 15) is 9.59 Å². The van der Waals surface area contributed by atoms with Gasteiger partial charge in [-0.25, -0.2) is 0 Å². The van der Waals surface area contributed by atoms with Gasteiger partial charge in [-0.2, -0.15) is 0 Å². The highest BCUT2D eigenvalue weighted by Crippen LogP contribution is 2.25. The lowest BCUT2D eigenvalue weighted by atomic mass is 10.2. The second kappa shape index (κ2) is 10.0. The average molecular weight is 384 g/mol. The van der Waals surface area contributed by atoms with E-state index in [0.29, 0.717) is 5.75 Å². The van der Waals surface area contributed by atoms with Crippen molar-refractivity contribution in [2.45, 2.75) is 24.2 Å². The number of likely N-dealkylation sites (tertiary alicyclic amines) is 1. The summed E-state index contributed by atoms with van der Waals surface area (Å²) in [4.78, 5) is 29.9. The molecule has 2 heterocycles. The highest BCUT2D eigenvalue weighted by molar-refractivity contribution is 8.00. The van der Waals surface area contributed by atoms with Crippen molar-refractivity contribution in [2.75, 3.05) is 45.0 Å². The quantitative estimate of drug-likeness (QED) is 0.810. The minimum atomic E-state index is 0. The van der Waals surface area contributed by atoms with E-state index in [-0.39, 0.29) is 24.2 Å². The summed E-state index contributed by atoms with van der Waals surface area (Å²) in [6.45, 7) is 5.09. The second-order valence-electron chi connectivity index (χ2n) is 6.27. The maximum absolute atomic E-state index is 12.9. The zero-order chi connectivity index (χ0) is 16.8. The van der Waals surface area contributed by atoms with Crippen molar-refractivity contribution >= 4 is 36.0 Å².